The zero-order valence-electron chi connectivity index (χ0n) is 14.6. The number of amides is 1. The smallest absolute Gasteiger partial charge is 0.254 e. The molecule has 2 heterocycles. The number of carbonyl (C=O) groups excluding carboxylic acids is 1. The van der Waals surface area contributed by atoms with Gasteiger partial charge in [-0.2, -0.15) is 4.98 Å². The highest BCUT2D eigenvalue weighted by Crippen LogP contribution is 2.24. The Labute approximate surface area is 155 Å². The van der Waals surface area contributed by atoms with Crippen molar-refractivity contribution in [3.63, 3.8) is 0 Å². The monoisotopic (exact) mass is 367 g/mol. The molecule has 3 aromatic rings. The van der Waals surface area contributed by atoms with Gasteiger partial charge in [-0.25, -0.2) is 4.98 Å². The van der Waals surface area contributed by atoms with E-state index in [9.17, 15) is 4.79 Å². The van der Waals surface area contributed by atoms with Crippen LogP contribution in [0.15, 0.2) is 24.4 Å². The van der Waals surface area contributed by atoms with Crippen LogP contribution in [0, 0.1) is 0 Å². The minimum absolute atomic E-state index is 0.0601. The lowest BCUT2D eigenvalue weighted by atomic mass is 9.91. The molecule has 1 aliphatic carbocycles. The summed E-state index contributed by atoms with van der Waals surface area (Å²) in [6.45, 7) is 0. The van der Waals surface area contributed by atoms with Gasteiger partial charge in [0.2, 0.25) is 5.95 Å². The molecule has 0 saturated heterocycles. The van der Waals surface area contributed by atoms with E-state index in [0.29, 0.717) is 11.8 Å². The third-order valence-corrected chi connectivity index (χ3v) is 4.78. The van der Waals surface area contributed by atoms with E-state index >= 15 is 0 Å². The van der Waals surface area contributed by atoms with Crippen molar-refractivity contribution in [3.05, 3.63) is 30.0 Å². The number of H-pyrrole nitrogens is 1. The van der Waals surface area contributed by atoms with Crippen molar-refractivity contribution in [2.24, 2.45) is 11.5 Å². The minimum Gasteiger partial charge on any atom is -0.365 e. The number of rotatable bonds is 5. The summed E-state index contributed by atoms with van der Waals surface area (Å²) in [5.41, 5.74) is 14.1. The zero-order valence-corrected chi connectivity index (χ0v) is 14.6. The third kappa shape index (κ3) is 3.65. The Kier molecular flexibility index (Phi) is 4.55. The number of benzene rings is 1. The van der Waals surface area contributed by atoms with Gasteiger partial charge in [0, 0.05) is 24.0 Å². The molecular formula is C17H21N9O. The fourth-order valence-electron chi connectivity index (χ4n) is 3.29. The number of hydrogen-bond donors (Lipinski definition) is 5. The second-order valence-electron chi connectivity index (χ2n) is 6.69. The van der Waals surface area contributed by atoms with Gasteiger partial charge in [-0.1, -0.05) is 18.1 Å². The number of carbonyl (C=O) groups is 1. The molecule has 0 unspecified atom stereocenters. The molecule has 1 aromatic carbocycles. The zero-order chi connectivity index (χ0) is 18.8. The summed E-state index contributed by atoms with van der Waals surface area (Å²) in [5.74, 6) is 0.132. The van der Waals surface area contributed by atoms with Crippen LogP contribution in [0.2, 0.25) is 0 Å². The first kappa shape index (κ1) is 17.2. The van der Waals surface area contributed by atoms with Crippen LogP contribution in [-0.2, 0) is 0 Å². The molecule has 10 heteroatoms. The van der Waals surface area contributed by atoms with Crippen LogP contribution in [-0.4, -0.2) is 43.4 Å². The summed E-state index contributed by atoms with van der Waals surface area (Å²) in [4.78, 5) is 20.5. The standard InChI is InChI=1S/C17H21N9O/c18-11-3-1-2-4-12(11)22-17-20-8-10(15(19)27)16(23-17)21-9-5-6-13-14(7-9)25-26-24-13/h5-8,11-12H,1-4,18H2,(H2,19,27)(H,24,25,26)(H2,20,21,22,23)/t11-,12+/m0/s1. The lowest BCUT2D eigenvalue weighted by Crippen LogP contribution is -2.43. The Hall–Kier alpha value is -3.27. The van der Waals surface area contributed by atoms with Gasteiger partial charge in [-0.3, -0.25) is 9.89 Å². The Bertz CT molecular complexity index is 970. The van der Waals surface area contributed by atoms with Crippen LogP contribution in [0.4, 0.5) is 17.5 Å². The van der Waals surface area contributed by atoms with E-state index in [2.05, 4.69) is 36.0 Å². The van der Waals surface area contributed by atoms with Crippen molar-refractivity contribution in [1.82, 2.24) is 25.4 Å². The molecule has 4 rings (SSSR count). The maximum Gasteiger partial charge on any atom is 0.254 e. The number of fused-ring (bicyclic) bond motifs is 1. The molecule has 10 nitrogen and oxygen atoms in total. The van der Waals surface area contributed by atoms with E-state index in [-0.39, 0.29) is 17.6 Å². The SMILES string of the molecule is NC(=O)c1cnc(N[C@@H]2CCCC[C@@H]2N)nc1Nc1ccc2nn[nH]c2c1. The summed E-state index contributed by atoms with van der Waals surface area (Å²) in [6.07, 6.45) is 5.62. The molecule has 0 radical (unpaired) electrons. The highest BCUT2D eigenvalue weighted by Gasteiger charge is 2.23. The topological polar surface area (TPSA) is 161 Å². The first-order valence-electron chi connectivity index (χ1n) is 8.87. The molecule has 0 spiro atoms. The van der Waals surface area contributed by atoms with Gasteiger partial charge >= 0.3 is 0 Å². The van der Waals surface area contributed by atoms with E-state index in [0.717, 1.165) is 42.4 Å². The van der Waals surface area contributed by atoms with Crippen molar-refractivity contribution in [3.8, 4) is 0 Å². The van der Waals surface area contributed by atoms with Gasteiger partial charge in [0.05, 0.1) is 5.52 Å². The van der Waals surface area contributed by atoms with Crippen molar-refractivity contribution in [2.75, 3.05) is 10.6 Å². The Morgan fingerprint density at radius 3 is 2.93 bits per heavy atom. The second kappa shape index (κ2) is 7.16. The molecule has 1 amide bonds. The van der Waals surface area contributed by atoms with Crippen molar-refractivity contribution < 1.29 is 4.79 Å². The van der Waals surface area contributed by atoms with E-state index in [1.54, 1.807) is 0 Å². The minimum atomic E-state index is -0.609. The predicted molar refractivity (Wildman–Crippen MR) is 102 cm³/mol. The van der Waals surface area contributed by atoms with Crippen molar-refractivity contribution >= 4 is 34.4 Å². The first-order chi connectivity index (χ1) is 13.1. The maximum absolute atomic E-state index is 11.8. The molecule has 0 aliphatic heterocycles. The summed E-state index contributed by atoms with van der Waals surface area (Å²) >= 11 is 0. The first-order valence-corrected chi connectivity index (χ1v) is 8.87. The largest absolute Gasteiger partial charge is 0.365 e. The summed E-state index contributed by atoms with van der Waals surface area (Å²) in [6, 6.07) is 5.63. The van der Waals surface area contributed by atoms with Crippen LogP contribution in [0.1, 0.15) is 36.0 Å². The molecule has 27 heavy (non-hydrogen) atoms. The lowest BCUT2D eigenvalue weighted by Gasteiger charge is -2.29. The van der Waals surface area contributed by atoms with Crippen LogP contribution in [0.5, 0.6) is 0 Å². The van der Waals surface area contributed by atoms with Crippen LogP contribution >= 0.6 is 0 Å². The van der Waals surface area contributed by atoms with Gasteiger partial charge < -0.3 is 22.1 Å². The highest BCUT2D eigenvalue weighted by atomic mass is 16.1. The molecule has 1 saturated carbocycles. The molecule has 1 fully saturated rings. The van der Waals surface area contributed by atoms with Crippen molar-refractivity contribution in [1.29, 1.82) is 0 Å². The summed E-state index contributed by atoms with van der Waals surface area (Å²) < 4.78 is 0. The molecule has 140 valence electrons. The molecule has 1 aliphatic rings. The molecule has 2 aromatic heterocycles. The number of nitrogens with zero attached hydrogens (tertiary/aromatic N) is 4. The van der Waals surface area contributed by atoms with Gasteiger partial charge in [0.25, 0.3) is 5.91 Å². The average Bonchev–Trinajstić information content (AvgIpc) is 3.11. The molecule has 2 atom stereocenters. The fourth-order valence-corrected chi connectivity index (χ4v) is 3.29. The second-order valence-corrected chi connectivity index (χ2v) is 6.69. The summed E-state index contributed by atoms with van der Waals surface area (Å²) in [7, 11) is 0. The fraction of sp³-hybridized carbons (Fsp3) is 0.353. The summed E-state index contributed by atoms with van der Waals surface area (Å²) in [5, 5.41) is 16.9. The number of aromatic amines is 1. The number of anilines is 3. The quantitative estimate of drug-likeness (QED) is 0.450. The predicted octanol–water partition coefficient (Wildman–Crippen LogP) is 1.27. The third-order valence-electron chi connectivity index (χ3n) is 4.78. The normalized spacial score (nSPS) is 19.7. The maximum atomic E-state index is 11.8. The Balaban J connectivity index is 1.61. The number of hydrogen-bond acceptors (Lipinski definition) is 8. The van der Waals surface area contributed by atoms with Crippen LogP contribution < -0.4 is 22.1 Å². The number of nitrogens with two attached hydrogens (primary N) is 2. The van der Waals surface area contributed by atoms with Gasteiger partial charge in [-0.05, 0) is 31.0 Å². The van der Waals surface area contributed by atoms with Crippen molar-refractivity contribution in [2.45, 2.75) is 37.8 Å². The van der Waals surface area contributed by atoms with Gasteiger partial charge in [-0.15, -0.1) is 5.10 Å². The Morgan fingerprint density at radius 1 is 1.26 bits per heavy atom. The lowest BCUT2D eigenvalue weighted by molar-refractivity contribution is 0.100. The van der Waals surface area contributed by atoms with E-state index in [1.165, 1.54) is 6.20 Å². The molecule has 7 N–H and O–H groups in total. The highest BCUT2D eigenvalue weighted by molar-refractivity contribution is 5.98. The Morgan fingerprint density at radius 2 is 2.11 bits per heavy atom. The van der Waals surface area contributed by atoms with Gasteiger partial charge in [0.15, 0.2) is 0 Å². The molecular weight excluding hydrogens is 346 g/mol. The molecule has 0 bridgehead atoms. The number of aromatic nitrogens is 5. The average molecular weight is 367 g/mol. The van der Waals surface area contributed by atoms with Crippen LogP contribution in [0.25, 0.3) is 11.0 Å². The van der Waals surface area contributed by atoms with E-state index in [1.807, 2.05) is 18.2 Å². The number of nitrogens with one attached hydrogen (secondary N) is 3. The van der Waals surface area contributed by atoms with E-state index in [4.69, 9.17) is 11.5 Å². The van der Waals surface area contributed by atoms with Gasteiger partial charge in [0.1, 0.15) is 16.9 Å². The van der Waals surface area contributed by atoms with E-state index < -0.39 is 5.91 Å². The number of primary amides is 1. The van der Waals surface area contributed by atoms with Crippen LogP contribution in [0.3, 0.4) is 0 Å².